The Labute approximate surface area is 887 Å². The smallest absolute Gasteiger partial charge is 0.304 e. The van der Waals surface area contributed by atoms with Crippen LogP contribution in [0.4, 0.5) is 0 Å². The molecule has 8 aliphatic rings. The average Bonchev–Trinajstić information content (AvgIpc) is 0.754. The fraction of sp³-hybridized carbons (Fsp3) is 0.658. The molecule has 29 nitrogen and oxygen atoms in total. The SMILES string of the molecule is CC(=O)OCC1O[C@@H](C)C(C)[C@@H](C)[C@@H]1C.CC(=O)OCC1O[C@@H](C)C(C)[C@@H](C)[C@@H]1C.CC(=O)OCC1O[C@@H](O)C(C)[C@@H](C)[C@@H]1C.CC(=O)OCC1O[C@@H](OC(C)=O)C(C)[C@@H](C)[C@@H]1C.CC1[C@H](C)OC(CO)[C@@H](C)[C@@H]1C.CC1[C@H](C)OC(COC(c2ccccc2)(c2ccccc2)c2ccccc2)[C@@H](C)[C@@H]1C.C[C@@H]1OC(CO)[C@@H](O)[C@H](O)C1O.C[C@@H]1OC(COC(c2ccccc2)(c2ccccc2)c2ccccc2)[C@@H](O)[C@H](O)C1O. The molecular formula is C120H182O29. The Kier molecular flexibility index (Phi) is 52.6. The Morgan fingerprint density at radius 1 is 0.221 bits per heavy atom. The van der Waals surface area contributed by atoms with Crippen LogP contribution in [0.25, 0.3) is 0 Å². The fourth-order valence-electron chi connectivity index (χ4n) is 20.8. The van der Waals surface area contributed by atoms with Gasteiger partial charge in [0.2, 0.25) is 6.29 Å². The largest absolute Gasteiger partial charge is 0.463 e. The highest BCUT2D eigenvalue weighted by atomic mass is 16.7. The first kappa shape index (κ1) is 128. The van der Waals surface area contributed by atoms with E-state index in [0.717, 1.165) is 33.4 Å². The predicted octanol–water partition coefficient (Wildman–Crippen LogP) is 16.5. The highest BCUT2D eigenvalue weighted by Gasteiger charge is 2.50. The summed E-state index contributed by atoms with van der Waals surface area (Å²) in [6.07, 6.45) is -10.6. The number of hydrogen-bond acceptors (Lipinski definition) is 29. The quantitative estimate of drug-likeness (QED) is 0.0163. The van der Waals surface area contributed by atoms with Crippen LogP contribution in [0, 0.1) is 107 Å². The molecule has 0 bridgehead atoms. The van der Waals surface area contributed by atoms with Crippen LogP contribution in [-0.2, 0) is 106 Å². The van der Waals surface area contributed by atoms with Gasteiger partial charge in [-0.15, -0.1) is 0 Å². The Bertz CT molecular complexity index is 4290. The highest BCUT2D eigenvalue weighted by Crippen LogP contribution is 2.47. The lowest BCUT2D eigenvalue weighted by Crippen LogP contribution is -2.58. The molecule has 0 radical (unpaired) electrons. The molecule has 29 heteroatoms. The minimum atomic E-state index is -1.29. The second-order valence-corrected chi connectivity index (χ2v) is 43.2. The summed E-state index contributed by atoms with van der Waals surface area (Å²) in [5.41, 5.74) is 4.56. The first-order chi connectivity index (χ1) is 70.3. The fourth-order valence-corrected chi connectivity index (χ4v) is 20.8. The van der Waals surface area contributed by atoms with E-state index in [-0.39, 0.29) is 148 Å². The summed E-state index contributed by atoms with van der Waals surface area (Å²) < 4.78 is 84.5. The van der Waals surface area contributed by atoms with Crippen LogP contribution in [0.3, 0.4) is 0 Å². The Morgan fingerprint density at radius 2 is 0.436 bits per heavy atom. The van der Waals surface area contributed by atoms with E-state index in [1.807, 2.05) is 105 Å². The van der Waals surface area contributed by atoms with E-state index < -0.39 is 84.8 Å². The van der Waals surface area contributed by atoms with Crippen molar-refractivity contribution in [2.45, 2.75) is 347 Å². The van der Waals surface area contributed by atoms with E-state index in [2.05, 4.69) is 229 Å². The minimum Gasteiger partial charge on any atom is -0.463 e. The second-order valence-electron chi connectivity index (χ2n) is 43.2. The Morgan fingerprint density at radius 3 is 0.705 bits per heavy atom. The van der Waals surface area contributed by atoms with Crippen molar-refractivity contribution < 1.29 is 141 Å². The molecule has 8 fully saturated rings. The van der Waals surface area contributed by atoms with Crippen molar-refractivity contribution in [3.05, 3.63) is 215 Å². The number of carbonyl (C=O) groups is 5. The minimum absolute atomic E-state index is 0.0218. The molecule has 9 N–H and O–H groups in total. The molecule has 8 heterocycles. The van der Waals surface area contributed by atoms with Gasteiger partial charge < -0.3 is 117 Å². The molecule has 836 valence electrons. The summed E-state index contributed by atoms with van der Waals surface area (Å²) >= 11 is 0. The molecule has 6 aromatic carbocycles. The van der Waals surface area contributed by atoms with Gasteiger partial charge in [-0.3, -0.25) is 24.0 Å². The molecule has 0 amide bonds. The molecule has 14 rings (SSSR count). The van der Waals surface area contributed by atoms with Crippen molar-refractivity contribution in [2.75, 3.05) is 52.9 Å². The maximum absolute atomic E-state index is 11.0. The zero-order valence-electron chi connectivity index (χ0n) is 93.8. The molecule has 40 atom stereocenters. The third-order valence-electron chi connectivity index (χ3n) is 33.9. The predicted molar refractivity (Wildman–Crippen MR) is 569 cm³/mol. The molecule has 149 heavy (non-hydrogen) atoms. The van der Waals surface area contributed by atoms with Crippen LogP contribution in [0.5, 0.6) is 0 Å². The molecule has 6 aromatic rings. The number of ether oxygens (including phenoxy) is 15. The number of aliphatic hydroxyl groups is 9. The van der Waals surface area contributed by atoms with Crippen LogP contribution in [-0.4, -0.2) is 263 Å². The number of hydrogen-bond donors (Lipinski definition) is 9. The van der Waals surface area contributed by atoms with E-state index in [1.54, 1.807) is 13.8 Å². The monoisotopic (exact) mass is 2090 g/mol. The molecule has 0 saturated carbocycles. The van der Waals surface area contributed by atoms with Crippen molar-refractivity contribution in [1.82, 2.24) is 0 Å². The van der Waals surface area contributed by atoms with Crippen LogP contribution in [0.1, 0.15) is 234 Å². The first-order valence-electron chi connectivity index (χ1n) is 53.9. The van der Waals surface area contributed by atoms with Crippen molar-refractivity contribution in [1.29, 1.82) is 0 Å². The maximum atomic E-state index is 11.0. The molecular weight excluding hydrogens is 1910 g/mol. The molecule has 8 saturated heterocycles. The van der Waals surface area contributed by atoms with Gasteiger partial charge in [0.1, 0.15) is 86.5 Å². The summed E-state index contributed by atoms with van der Waals surface area (Å²) in [4.78, 5) is 54.0. The standard InChI is InChI=1S/C29H34O2.C26H28O5.C13H22O5.2C12H22O3.C11H20O4.C10H20O2.C7H14O5/c1-21-22(2)24(4)31-28(23(21)3)20-30-29(25-14-8-5-9-15-25,26-16-10-6-11-17-26)27-18-12-7-13-19-27;1-18-23(27)25(29)24(28)22(31-18)17-30-26(19-11-5-2-6-12-19,20-13-7-3-8-14-20)21-15-9-4-10-16-21;1-7-8(2)12(6-16-10(4)14)18-13(9(7)3)17-11(5)15;2*1-7-8(2)10(4)15-12(9(7)3)6-14-11(5)13;1-6-7(2)10(5-14-9(4)12)15-11(13)8(6)3;1-6-7(2)9(4)12-10(5-11)8(6)3;1-3-5(9)7(11)6(10)4(2-8)12-3/h5-19,21-24,28H,20H2,1-4H3;2-16,18,22-25,27-29H,17H2,1H3;7-9,12-13H,6H2,1-5H3;2*7-10,12H,6H2,1-5H3;6-8,10-11,13H,5H2,1-4H3;6-11H,5H2,1-4H3;3-11H,2H2,1H3/t21-,22?,23+,24+,28?;18-,22?,23?,24+,25+;7-,8-,9?,12?,13+;2*7-,8?,9+,10+,12?;6-,7-,8?,10?,11+;6-,7?,8+,9+,10?;3-,4?,5?,6+,7+/m10011010/s1. The van der Waals surface area contributed by atoms with E-state index in [9.17, 15) is 59.7 Å². The van der Waals surface area contributed by atoms with Crippen LogP contribution in [0.2, 0.25) is 0 Å². The molecule has 0 aromatic heterocycles. The average molecular weight is 2090 g/mol. The van der Waals surface area contributed by atoms with Crippen molar-refractivity contribution in [3.63, 3.8) is 0 Å². The molecule has 0 aliphatic carbocycles. The Balaban J connectivity index is 0.000000237. The van der Waals surface area contributed by atoms with Gasteiger partial charge in [-0.2, -0.15) is 0 Å². The third kappa shape index (κ3) is 35.0. The molecule has 8 aliphatic heterocycles. The Hall–Kier alpha value is -8.09. The molecule has 16 unspecified atom stereocenters. The number of esters is 5. The van der Waals surface area contributed by atoms with Gasteiger partial charge in [-0.25, -0.2) is 0 Å². The van der Waals surface area contributed by atoms with Gasteiger partial charge in [0, 0.05) is 46.5 Å². The lowest BCUT2D eigenvalue weighted by atomic mass is 9.76. The van der Waals surface area contributed by atoms with Crippen LogP contribution in [0.15, 0.2) is 182 Å². The van der Waals surface area contributed by atoms with E-state index >= 15 is 0 Å². The van der Waals surface area contributed by atoms with Crippen LogP contribution < -0.4 is 0 Å². The highest BCUT2D eigenvalue weighted by molar-refractivity contribution is 5.67. The van der Waals surface area contributed by atoms with E-state index in [1.165, 1.54) is 34.6 Å². The summed E-state index contributed by atoms with van der Waals surface area (Å²) in [6.45, 7) is 59.3. The van der Waals surface area contributed by atoms with Gasteiger partial charge in [-0.05, 0) is 170 Å². The maximum Gasteiger partial charge on any atom is 0.304 e. The van der Waals surface area contributed by atoms with Crippen molar-refractivity contribution in [2.24, 2.45) is 107 Å². The number of benzene rings is 6. The van der Waals surface area contributed by atoms with Gasteiger partial charge in [-0.1, -0.05) is 307 Å². The van der Waals surface area contributed by atoms with Gasteiger partial charge in [0.05, 0.1) is 99.7 Å². The zero-order chi connectivity index (χ0) is 111. The summed E-state index contributed by atoms with van der Waals surface area (Å²) in [6, 6.07) is 61.4. The first-order valence-corrected chi connectivity index (χ1v) is 53.9. The van der Waals surface area contributed by atoms with Crippen LogP contribution >= 0.6 is 0 Å². The van der Waals surface area contributed by atoms with E-state index in [0.29, 0.717) is 103 Å². The number of carbonyl (C=O) groups excluding carboxylic acids is 5. The number of rotatable bonds is 23. The zero-order valence-corrected chi connectivity index (χ0v) is 93.8. The van der Waals surface area contributed by atoms with E-state index in [4.69, 9.17) is 81.3 Å². The van der Waals surface area contributed by atoms with Gasteiger partial charge in [0.15, 0.2) is 6.29 Å². The summed E-state index contributed by atoms with van der Waals surface area (Å²) in [7, 11) is 0. The lowest BCUT2D eigenvalue weighted by molar-refractivity contribution is -0.248. The third-order valence-corrected chi connectivity index (χ3v) is 33.9. The second kappa shape index (κ2) is 61.3. The summed E-state index contributed by atoms with van der Waals surface area (Å²) in [5.74, 6) is 6.49. The summed E-state index contributed by atoms with van der Waals surface area (Å²) in [5, 5.41) is 85.8. The van der Waals surface area contributed by atoms with Crippen molar-refractivity contribution >= 4 is 29.8 Å². The molecule has 0 spiro atoms. The van der Waals surface area contributed by atoms with Gasteiger partial charge in [0.25, 0.3) is 0 Å². The topological polar surface area (TPSA) is 406 Å². The van der Waals surface area contributed by atoms with Gasteiger partial charge >= 0.3 is 29.8 Å². The number of aliphatic hydroxyl groups excluding tert-OH is 9. The normalized spacial score (nSPS) is 35.8. The lowest BCUT2D eigenvalue weighted by Gasteiger charge is -2.44. The van der Waals surface area contributed by atoms with Crippen molar-refractivity contribution in [3.8, 4) is 0 Å².